The second-order valence-electron chi connectivity index (χ2n) is 3.75. The highest BCUT2D eigenvalue weighted by atomic mass is 16.1. The molecule has 0 aliphatic rings. The Bertz CT molecular complexity index is 159. The molecule has 78 valence electrons. The summed E-state index contributed by atoms with van der Waals surface area (Å²) in [4.78, 5) is 12.8. The smallest absolute Gasteiger partial charge is 0.235 e. The molecule has 0 radical (unpaired) electrons. The van der Waals surface area contributed by atoms with Crippen LogP contribution in [0.15, 0.2) is 0 Å². The summed E-state index contributed by atoms with van der Waals surface area (Å²) in [6, 6.07) is -0.543. The summed E-state index contributed by atoms with van der Waals surface area (Å²) >= 11 is 0. The standard InChI is InChI=1S/C9H21N3O/c1-4-12(5-7(2)3)6-8(10)9(11)13/h7-8H,4-6,10H2,1-3H3,(H2,11,13). The van der Waals surface area contributed by atoms with Gasteiger partial charge in [-0.2, -0.15) is 0 Å². The Morgan fingerprint density at radius 1 is 1.38 bits per heavy atom. The molecule has 0 saturated carbocycles. The topological polar surface area (TPSA) is 72.3 Å². The van der Waals surface area contributed by atoms with Gasteiger partial charge >= 0.3 is 0 Å². The normalized spacial score (nSPS) is 13.7. The third-order valence-electron chi connectivity index (χ3n) is 1.89. The minimum Gasteiger partial charge on any atom is -0.368 e. The molecule has 0 heterocycles. The first-order valence-corrected chi connectivity index (χ1v) is 4.74. The molecule has 4 heteroatoms. The molecule has 0 aliphatic carbocycles. The molecule has 0 aromatic heterocycles. The maximum Gasteiger partial charge on any atom is 0.235 e. The van der Waals surface area contributed by atoms with Crippen LogP contribution in [0.1, 0.15) is 20.8 Å². The Balaban J connectivity index is 3.90. The molecule has 0 bridgehead atoms. The summed E-state index contributed by atoms with van der Waals surface area (Å²) in [7, 11) is 0. The van der Waals surface area contributed by atoms with Gasteiger partial charge in [0.15, 0.2) is 0 Å². The van der Waals surface area contributed by atoms with E-state index in [0.717, 1.165) is 13.1 Å². The summed E-state index contributed by atoms with van der Waals surface area (Å²) in [6.07, 6.45) is 0. The van der Waals surface area contributed by atoms with Gasteiger partial charge in [0.2, 0.25) is 5.91 Å². The van der Waals surface area contributed by atoms with Gasteiger partial charge in [0, 0.05) is 13.1 Å². The number of likely N-dealkylation sites (N-methyl/N-ethyl adjacent to an activating group) is 1. The van der Waals surface area contributed by atoms with Crippen LogP contribution in [0.4, 0.5) is 0 Å². The van der Waals surface area contributed by atoms with Crippen molar-refractivity contribution in [2.75, 3.05) is 19.6 Å². The zero-order valence-corrected chi connectivity index (χ0v) is 8.79. The molecule has 0 fully saturated rings. The number of hydrogen-bond donors (Lipinski definition) is 2. The predicted octanol–water partition coefficient (Wildman–Crippen LogP) is -0.223. The van der Waals surface area contributed by atoms with Crippen molar-refractivity contribution in [3.05, 3.63) is 0 Å². The first kappa shape index (κ1) is 12.4. The number of nitrogens with two attached hydrogens (primary N) is 2. The average Bonchev–Trinajstić information content (AvgIpc) is 2.02. The third kappa shape index (κ3) is 5.60. The molecule has 0 aliphatic heterocycles. The van der Waals surface area contributed by atoms with E-state index in [1.807, 2.05) is 0 Å². The lowest BCUT2D eigenvalue weighted by Gasteiger charge is -2.24. The summed E-state index contributed by atoms with van der Waals surface area (Å²) in [5, 5.41) is 0. The Morgan fingerprint density at radius 3 is 2.23 bits per heavy atom. The monoisotopic (exact) mass is 187 g/mol. The number of primary amides is 1. The average molecular weight is 187 g/mol. The molecule has 4 N–H and O–H groups in total. The molecule has 0 spiro atoms. The largest absolute Gasteiger partial charge is 0.368 e. The van der Waals surface area contributed by atoms with Crippen LogP contribution in [0.2, 0.25) is 0 Å². The Morgan fingerprint density at radius 2 is 1.92 bits per heavy atom. The van der Waals surface area contributed by atoms with Crippen molar-refractivity contribution in [3.8, 4) is 0 Å². The van der Waals surface area contributed by atoms with E-state index >= 15 is 0 Å². The van der Waals surface area contributed by atoms with Crippen LogP contribution in [-0.4, -0.2) is 36.5 Å². The Labute approximate surface area is 80.3 Å². The fraction of sp³-hybridized carbons (Fsp3) is 0.889. The maximum absolute atomic E-state index is 10.7. The van der Waals surface area contributed by atoms with Gasteiger partial charge in [0.25, 0.3) is 0 Å². The Hall–Kier alpha value is -0.610. The van der Waals surface area contributed by atoms with E-state index in [4.69, 9.17) is 11.5 Å². The lowest BCUT2D eigenvalue weighted by molar-refractivity contribution is -0.119. The Kier molecular flexibility index (Phi) is 5.66. The highest BCUT2D eigenvalue weighted by molar-refractivity contribution is 5.79. The van der Waals surface area contributed by atoms with E-state index in [1.165, 1.54) is 0 Å². The quantitative estimate of drug-likeness (QED) is 0.603. The fourth-order valence-electron chi connectivity index (χ4n) is 1.22. The van der Waals surface area contributed by atoms with E-state index in [-0.39, 0.29) is 0 Å². The van der Waals surface area contributed by atoms with E-state index in [0.29, 0.717) is 12.5 Å². The number of amides is 1. The molecule has 4 nitrogen and oxygen atoms in total. The molecule has 0 rings (SSSR count). The predicted molar refractivity (Wildman–Crippen MR) is 54.1 cm³/mol. The van der Waals surface area contributed by atoms with Crippen LogP contribution < -0.4 is 11.5 Å². The molecular formula is C9H21N3O. The lowest BCUT2D eigenvalue weighted by Crippen LogP contribution is -2.46. The van der Waals surface area contributed by atoms with Crippen LogP contribution in [-0.2, 0) is 4.79 Å². The summed E-state index contributed by atoms with van der Waals surface area (Å²) in [5.41, 5.74) is 10.6. The highest BCUT2D eigenvalue weighted by Crippen LogP contribution is 1.98. The number of hydrogen-bond acceptors (Lipinski definition) is 3. The number of carbonyl (C=O) groups is 1. The van der Waals surface area contributed by atoms with Crippen LogP contribution in [0.25, 0.3) is 0 Å². The molecule has 1 amide bonds. The van der Waals surface area contributed by atoms with E-state index in [9.17, 15) is 4.79 Å². The number of nitrogens with zero attached hydrogens (tertiary/aromatic N) is 1. The van der Waals surface area contributed by atoms with Gasteiger partial charge in [-0.25, -0.2) is 0 Å². The second kappa shape index (κ2) is 5.94. The fourth-order valence-corrected chi connectivity index (χ4v) is 1.22. The van der Waals surface area contributed by atoms with Gasteiger partial charge < -0.3 is 16.4 Å². The molecule has 0 saturated heterocycles. The van der Waals surface area contributed by atoms with Gasteiger partial charge in [0.1, 0.15) is 0 Å². The lowest BCUT2D eigenvalue weighted by atomic mass is 10.2. The molecule has 13 heavy (non-hydrogen) atoms. The van der Waals surface area contributed by atoms with Gasteiger partial charge in [0.05, 0.1) is 6.04 Å². The van der Waals surface area contributed by atoms with Crippen molar-refractivity contribution in [2.45, 2.75) is 26.8 Å². The first-order chi connectivity index (χ1) is 5.97. The summed E-state index contributed by atoms with van der Waals surface area (Å²) in [5.74, 6) is 0.155. The maximum atomic E-state index is 10.7. The molecule has 0 aromatic rings. The van der Waals surface area contributed by atoms with Crippen molar-refractivity contribution in [1.82, 2.24) is 4.90 Å². The van der Waals surface area contributed by atoms with E-state index in [2.05, 4.69) is 25.7 Å². The van der Waals surface area contributed by atoms with Gasteiger partial charge in [-0.1, -0.05) is 20.8 Å². The van der Waals surface area contributed by atoms with Crippen molar-refractivity contribution in [1.29, 1.82) is 0 Å². The van der Waals surface area contributed by atoms with Gasteiger partial charge in [-0.3, -0.25) is 4.79 Å². The SMILES string of the molecule is CCN(CC(C)C)CC(N)C(N)=O. The van der Waals surface area contributed by atoms with Crippen molar-refractivity contribution >= 4 is 5.91 Å². The number of carbonyl (C=O) groups excluding carboxylic acids is 1. The van der Waals surface area contributed by atoms with Crippen LogP contribution >= 0.6 is 0 Å². The van der Waals surface area contributed by atoms with E-state index < -0.39 is 11.9 Å². The summed E-state index contributed by atoms with van der Waals surface area (Å²) < 4.78 is 0. The van der Waals surface area contributed by atoms with Crippen molar-refractivity contribution in [3.63, 3.8) is 0 Å². The zero-order chi connectivity index (χ0) is 10.4. The molecule has 1 unspecified atom stereocenters. The summed E-state index contributed by atoms with van der Waals surface area (Å²) in [6.45, 7) is 8.74. The highest BCUT2D eigenvalue weighted by Gasteiger charge is 2.14. The molecule has 1 atom stereocenters. The minimum absolute atomic E-state index is 0.429. The van der Waals surface area contributed by atoms with Crippen molar-refractivity contribution < 1.29 is 4.79 Å². The zero-order valence-electron chi connectivity index (χ0n) is 8.79. The molecular weight excluding hydrogens is 166 g/mol. The van der Waals surface area contributed by atoms with Crippen LogP contribution in [0.5, 0.6) is 0 Å². The number of rotatable bonds is 6. The minimum atomic E-state index is -0.543. The molecule has 0 aromatic carbocycles. The first-order valence-electron chi connectivity index (χ1n) is 4.74. The van der Waals surface area contributed by atoms with Gasteiger partial charge in [-0.15, -0.1) is 0 Å². The van der Waals surface area contributed by atoms with Crippen LogP contribution in [0.3, 0.4) is 0 Å². The van der Waals surface area contributed by atoms with E-state index in [1.54, 1.807) is 0 Å². The third-order valence-corrected chi connectivity index (χ3v) is 1.89. The van der Waals surface area contributed by atoms with Gasteiger partial charge in [-0.05, 0) is 12.5 Å². The van der Waals surface area contributed by atoms with Crippen LogP contribution in [0, 0.1) is 5.92 Å². The second-order valence-corrected chi connectivity index (χ2v) is 3.75. The van der Waals surface area contributed by atoms with Crippen molar-refractivity contribution in [2.24, 2.45) is 17.4 Å².